The van der Waals surface area contributed by atoms with Gasteiger partial charge in [-0.2, -0.15) is 0 Å². The Morgan fingerprint density at radius 1 is 1.15 bits per heavy atom. The molecule has 0 aliphatic carbocycles. The van der Waals surface area contributed by atoms with Gasteiger partial charge in [-0.05, 0) is 42.6 Å². The first-order valence-corrected chi connectivity index (χ1v) is 8.10. The Morgan fingerprint density at radius 3 is 2.70 bits per heavy atom. The van der Waals surface area contributed by atoms with E-state index in [1.807, 2.05) is 37.3 Å². The van der Waals surface area contributed by atoms with Crippen LogP contribution in [0.25, 0.3) is 10.6 Å². The standard InChI is InChI=1S/C15H14N2OS2/c1-2-18-12-7-5-11(6-8-12)16-15-17-13(10-20-15)14-4-3-9-19-14/h3-10H,2H2,1H3,(H,16,17). The maximum atomic E-state index is 5.42. The Labute approximate surface area is 125 Å². The molecular weight excluding hydrogens is 288 g/mol. The normalized spacial score (nSPS) is 10.4. The molecule has 0 amide bonds. The molecule has 2 heterocycles. The van der Waals surface area contributed by atoms with E-state index in [1.165, 1.54) is 4.88 Å². The zero-order valence-electron chi connectivity index (χ0n) is 11.0. The van der Waals surface area contributed by atoms with E-state index in [0.29, 0.717) is 6.61 Å². The summed E-state index contributed by atoms with van der Waals surface area (Å²) >= 11 is 3.31. The van der Waals surface area contributed by atoms with Gasteiger partial charge < -0.3 is 10.1 Å². The van der Waals surface area contributed by atoms with Gasteiger partial charge in [0.2, 0.25) is 0 Å². The van der Waals surface area contributed by atoms with Crippen molar-refractivity contribution in [1.29, 1.82) is 0 Å². The number of aromatic nitrogens is 1. The van der Waals surface area contributed by atoms with E-state index in [9.17, 15) is 0 Å². The van der Waals surface area contributed by atoms with Crippen LogP contribution < -0.4 is 10.1 Å². The van der Waals surface area contributed by atoms with E-state index in [2.05, 4.69) is 27.1 Å². The fourth-order valence-corrected chi connectivity index (χ4v) is 3.28. The predicted molar refractivity (Wildman–Crippen MR) is 86.3 cm³/mol. The zero-order chi connectivity index (χ0) is 13.8. The number of thiophene rings is 1. The zero-order valence-corrected chi connectivity index (χ0v) is 12.6. The van der Waals surface area contributed by atoms with Crippen LogP contribution in [0.2, 0.25) is 0 Å². The molecule has 0 bridgehead atoms. The summed E-state index contributed by atoms with van der Waals surface area (Å²) in [4.78, 5) is 5.79. The van der Waals surface area contributed by atoms with Crippen molar-refractivity contribution in [3.63, 3.8) is 0 Å². The molecule has 1 aromatic carbocycles. The van der Waals surface area contributed by atoms with Gasteiger partial charge in [0.05, 0.1) is 17.2 Å². The van der Waals surface area contributed by atoms with Gasteiger partial charge in [0.25, 0.3) is 0 Å². The second-order valence-corrected chi connectivity index (χ2v) is 5.90. The molecule has 0 unspecified atom stereocenters. The molecule has 1 N–H and O–H groups in total. The third-order valence-corrected chi connectivity index (χ3v) is 4.34. The fourth-order valence-electron chi connectivity index (χ4n) is 1.79. The average Bonchev–Trinajstić information content (AvgIpc) is 3.12. The molecule has 102 valence electrons. The number of anilines is 2. The van der Waals surface area contributed by atoms with Crippen molar-refractivity contribution in [1.82, 2.24) is 4.98 Å². The smallest absolute Gasteiger partial charge is 0.187 e. The van der Waals surface area contributed by atoms with Gasteiger partial charge in [0.15, 0.2) is 5.13 Å². The fraction of sp³-hybridized carbons (Fsp3) is 0.133. The highest BCUT2D eigenvalue weighted by Crippen LogP contribution is 2.30. The van der Waals surface area contributed by atoms with E-state index in [-0.39, 0.29) is 0 Å². The van der Waals surface area contributed by atoms with Crippen LogP contribution in [0.5, 0.6) is 5.75 Å². The third kappa shape index (κ3) is 3.00. The first-order chi connectivity index (χ1) is 9.85. The molecule has 0 aliphatic rings. The molecule has 0 aliphatic heterocycles. The number of thiazole rings is 1. The lowest BCUT2D eigenvalue weighted by Crippen LogP contribution is -1.92. The van der Waals surface area contributed by atoms with Crippen molar-refractivity contribution >= 4 is 33.5 Å². The van der Waals surface area contributed by atoms with Crippen molar-refractivity contribution in [2.24, 2.45) is 0 Å². The molecule has 3 aromatic rings. The summed E-state index contributed by atoms with van der Waals surface area (Å²) in [5.74, 6) is 0.886. The van der Waals surface area contributed by atoms with Crippen LogP contribution in [0.4, 0.5) is 10.8 Å². The Hall–Kier alpha value is -1.85. The van der Waals surface area contributed by atoms with Crippen LogP contribution >= 0.6 is 22.7 Å². The second-order valence-electron chi connectivity index (χ2n) is 4.10. The van der Waals surface area contributed by atoms with Crippen LogP contribution in [-0.4, -0.2) is 11.6 Å². The summed E-state index contributed by atoms with van der Waals surface area (Å²) in [5.41, 5.74) is 2.04. The lowest BCUT2D eigenvalue weighted by atomic mass is 10.3. The van der Waals surface area contributed by atoms with Crippen molar-refractivity contribution in [3.05, 3.63) is 47.2 Å². The van der Waals surface area contributed by atoms with Gasteiger partial charge in [-0.25, -0.2) is 4.98 Å². The first kappa shape index (κ1) is 13.1. The number of hydrogen-bond donors (Lipinski definition) is 1. The number of hydrogen-bond acceptors (Lipinski definition) is 5. The van der Waals surface area contributed by atoms with Crippen LogP contribution in [0.3, 0.4) is 0 Å². The van der Waals surface area contributed by atoms with E-state index in [0.717, 1.165) is 22.3 Å². The molecule has 0 fully saturated rings. The number of nitrogens with zero attached hydrogens (tertiary/aromatic N) is 1. The van der Waals surface area contributed by atoms with Crippen LogP contribution in [0.1, 0.15) is 6.92 Å². The minimum absolute atomic E-state index is 0.684. The van der Waals surface area contributed by atoms with Crippen molar-refractivity contribution in [2.45, 2.75) is 6.92 Å². The van der Waals surface area contributed by atoms with Gasteiger partial charge in [0, 0.05) is 11.1 Å². The Kier molecular flexibility index (Phi) is 3.99. The highest BCUT2D eigenvalue weighted by molar-refractivity contribution is 7.16. The summed E-state index contributed by atoms with van der Waals surface area (Å²) in [6, 6.07) is 12.0. The monoisotopic (exact) mass is 302 g/mol. The molecule has 0 saturated carbocycles. The molecule has 0 saturated heterocycles. The highest BCUT2D eigenvalue weighted by atomic mass is 32.1. The number of nitrogens with one attached hydrogen (secondary N) is 1. The molecule has 0 atom stereocenters. The Bertz CT molecular complexity index is 660. The topological polar surface area (TPSA) is 34.1 Å². The van der Waals surface area contributed by atoms with E-state index in [1.54, 1.807) is 22.7 Å². The quantitative estimate of drug-likeness (QED) is 0.719. The van der Waals surface area contributed by atoms with Gasteiger partial charge in [-0.1, -0.05) is 6.07 Å². The lowest BCUT2D eigenvalue weighted by molar-refractivity contribution is 0.340. The van der Waals surface area contributed by atoms with E-state index in [4.69, 9.17) is 4.74 Å². The number of benzene rings is 1. The van der Waals surface area contributed by atoms with Crippen molar-refractivity contribution in [3.8, 4) is 16.3 Å². The summed E-state index contributed by atoms with van der Waals surface area (Å²) < 4.78 is 5.42. The lowest BCUT2D eigenvalue weighted by Gasteiger charge is -2.05. The van der Waals surface area contributed by atoms with Crippen LogP contribution in [-0.2, 0) is 0 Å². The van der Waals surface area contributed by atoms with Gasteiger partial charge in [-0.15, -0.1) is 22.7 Å². The third-order valence-electron chi connectivity index (χ3n) is 2.69. The first-order valence-electron chi connectivity index (χ1n) is 6.34. The maximum Gasteiger partial charge on any atom is 0.187 e. The maximum absolute atomic E-state index is 5.42. The van der Waals surface area contributed by atoms with Crippen molar-refractivity contribution < 1.29 is 4.74 Å². The minimum atomic E-state index is 0.684. The minimum Gasteiger partial charge on any atom is -0.494 e. The van der Waals surface area contributed by atoms with Crippen LogP contribution in [0.15, 0.2) is 47.2 Å². The molecule has 20 heavy (non-hydrogen) atoms. The van der Waals surface area contributed by atoms with Crippen molar-refractivity contribution in [2.75, 3.05) is 11.9 Å². The van der Waals surface area contributed by atoms with Gasteiger partial charge in [-0.3, -0.25) is 0 Å². The van der Waals surface area contributed by atoms with Gasteiger partial charge >= 0.3 is 0 Å². The predicted octanol–water partition coefficient (Wildman–Crippen LogP) is 5.01. The average molecular weight is 302 g/mol. The van der Waals surface area contributed by atoms with Gasteiger partial charge in [0.1, 0.15) is 5.75 Å². The summed E-state index contributed by atoms with van der Waals surface area (Å²) in [5, 5.41) is 8.35. The molecule has 0 radical (unpaired) electrons. The molecule has 3 rings (SSSR count). The second kappa shape index (κ2) is 6.07. The number of ether oxygens (including phenoxy) is 1. The van der Waals surface area contributed by atoms with E-state index >= 15 is 0 Å². The Balaban J connectivity index is 1.71. The number of rotatable bonds is 5. The SMILES string of the molecule is CCOc1ccc(Nc2nc(-c3cccs3)cs2)cc1. The molecule has 2 aromatic heterocycles. The molecule has 0 spiro atoms. The van der Waals surface area contributed by atoms with Crippen LogP contribution in [0, 0.1) is 0 Å². The summed E-state index contributed by atoms with van der Waals surface area (Å²) in [6.45, 7) is 2.66. The largest absolute Gasteiger partial charge is 0.494 e. The summed E-state index contributed by atoms with van der Waals surface area (Å²) in [6.07, 6.45) is 0. The Morgan fingerprint density at radius 2 is 2.00 bits per heavy atom. The molecular formula is C15H14N2OS2. The highest BCUT2D eigenvalue weighted by Gasteiger charge is 2.05. The summed E-state index contributed by atoms with van der Waals surface area (Å²) in [7, 11) is 0. The molecule has 5 heteroatoms. The van der Waals surface area contributed by atoms with E-state index < -0.39 is 0 Å². The molecule has 3 nitrogen and oxygen atoms in total.